The van der Waals surface area contributed by atoms with Gasteiger partial charge in [0.2, 0.25) is 0 Å². The van der Waals surface area contributed by atoms with E-state index in [9.17, 15) is 59.1 Å². The van der Waals surface area contributed by atoms with E-state index in [0.717, 1.165) is 0 Å². The number of ether oxygens (including phenoxy) is 2. The van der Waals surface area contributed by atoms with Crippen molar-refractivity contribution < 1.29 is 63.2 Å². The number of aromatic carboxylic acids is 2. The molecule has 0 aromatic heterocycles. The highest BCUT2D eigenvalue weighted by molar-refractivity contribution is 6.07. The Balaban J connectivity index is 1.92. The fourth-order valence-electron chi connectivity index (χ4n) is 3.27. The molecule has 0 saturated carbocycles. The Kier molecular flexibility index (Phi) is 8.60. The fraction of sp³-hybridized carbons (Fsp3) is 0. The predicted molar refractivity (Wildman–Crippen MR) is 133 cm³/mol. The second-order valence-electron chi connectivity index (χ2n) is 8.04. The van der Waals surface area contributed by atoms with Gasteiger partial charge in [-0.15, -0.1) is 0 Å². The molecule has 3 aromatic carbocycles. The van der Waals surface area contributed by atoms with Gasteiger partial charge in [-0.1, -0.05) is 0 Å². The molecule has 0 aliphatic rings. The zero-order valence-corrected chi connectivity index (χ0v) is 20.6. The minimum atomic E-state index is -1.66. The van der Waals surface area contributed by atoms with Crippen LogP contribution in [0.25, 0.3) is 0 Å². The SMILES string of the molecule is O=C(O)c1cc(C(=O)OC(=O)c2cc(C(=O)OC(=O)c3cc(C(=O)O)cc([N+](=O)[O-])c3)cc([N+](=O)[O-])c2)cc([N+](=O)[O-])c1. The normalized spacial score (nSPS) is 10.2. The molecule has 0 saturated heterocycles. The summed E-state index contributed by atoms with van der Waals surface area (Å²) in [4.78, 5) is 103. The van der Waals surface area contributed by atoms with Gasteiger partial charge in [0.25, 0.3) is 17.1 Å². The first kappa shape index (κ1) is 30.6. The van der Waals surface area contributed by atoms with Gasteiger partial charge in [0.05, 0.1) is 48.2 Å². The highest BCUT2D eigenvalue weighted by atomic mass is 16.6. The quantitative estimate of drug-likeness (QED) is 0.155. The molecule has 2 N–H and O–H groups in total. The van der Waals surface area contributed by atoms with Crippen LogP contribution in [0.1, 0.15) is 62.1 Å². The van der Waals surface area contributed by atoms with Gasteiger partial charge >= 0.3 is 35.8 Å². The molecule has 0 unspecified atom stereocenters. The summed E-state index contributed by atoms with van der Waals surface area (Å²) in [6, 6.07) is 5.40. The van der Waals surface area contributed by atoms with Crippen molar-refractivity contribution in [1.82, 2.24) is 0 Å². The number of nitrogens with zero attached hydrogens (tertiary/aromatic N) is 3. The lowest BCUT2D eigenvalue weighted by Gasteiger charge is -2.07. The van der Waals surface area contributed by atoms with Gasteiger partial charge in [-0.05, 0) is 18.2 Å². The van der Waals surface area contributed by atoms with Crippen LogP contribution in [0.2, 0.25) is 0 Å². The molecule has 0 spiro atoms. The standard InChI is InChI=1S/C24H11N3O16/c28-19(29)10-1-12(6-16(4-10)25(36)37)21(32)42-23(34)14-3-15(9-18(8-14)27(40)41)24(35)43-22(33)13-2-11(20(30)31)5-17(7-13)26(38)39/h1-9H,(H,28,29)(H,30,31). The van der Waals surface area contributed by atoms with E-state index in [1.165, 1.54) is 0 Å². The van der Waals surface area contributed by atoms with Crippen LogP contribution < -0.4 is 0 Å². The van der Waals surface area contributed by atoms with E-state index in [0.29, 0.717) is 54.6 Å². The molecule has 19 heteroatoms. The molecule has 0 amide bonds. The molecular formula is C24H11N3O16. The van der Waals surface area contributed by atoms with Crippen LogP contribution >= 0.6 is 0 Å². The van der Waals surface area contributed by atoms with Crippen LogP contribution in [0.15, 0.2) is 54.6 Å². The molecule has 0 bridgehead atoms. The number of esters is 4. The number of non-ortho nitro benzene ring substituents is 3. The summed E-state index contributed by atoms with van der Waals surface area (Å²) in [5.74, 6) is -9.84. The topological polar surface area (TPSA) is 291 Å². The second kappa shape index (κ2) is 12.1. The van der Waals surface area contributed by atoms with Gasteiger partial charge in [-0.25, -0.2) is 28.8 Å². The average molecular weight is 597 g/mol. The van der Waals surface area contributed by atoms with E-state index >= 15 is 0 Å². The Labute approximate surface area is 234 Å². The van der Waals surface area contributed by atoms with E-state index in [1.54, 1.807) is 0 Å². The van der Waals surface area contributed by atoms with Gasteiger partial charge in [0.1, 0.15) is 0 Å². The van der Waals surface area contributed by atoms with Crippen molar-refractivity contribution in [2.75, 3.05) is 0 Å². The van der Waals surface area contributed by atoms with Crippen LogP contribution in [0.4, 0.5) is 17.1 Å². The summed E-state index contributed by atoms with van der Waals surface area (Å²) in [6.45, 7) is 0. The number of carbonyl (C=O) groups excluding carboxylic acids is 4. The molecule has 0 radical (unpaired) electrons. The van der Waals surface area contributed by atoms with Crippen molar-refractivity contribution >= 4 is 52.9 Å². The largest absolute Gasteiger partial charge is 0.478 e. The molecule has 0 aliphatic heterocycles. The number of carbonyl (C=O) groups is 6. The number of benzene rings is 3. The van der Waals surface area contributed by atoms with Crippen LogP contribution in [0, 0.1) is 30.3 Å². The van der Waals surface area contributed by atoms with Crippen molar-refractivity contribution in [3.63, 3.8) is 0 Å². The Morgan fingerprint density at radius 3 is 0.860 bits per heavy atom. The first-order chi connectivity index (χ1) is 20.1. The van der Waals surface area contributed by atoms with Gasteiger partial charge in [-0.2, -0.15) is 0 Å². The molecule has 218 valence electrons. The molecule has 0 fully saturated rings. The van der Waals surface area contributed by atoms with Crippen LogP contribution in [0.5, 0.6) is 0 Å². The van der Waals surface area contributed by atoms with Crippen molar-refractivity contribution in [2.24, 2.45) is 0 Å². The van der Waals surface area contributed by atoms with E-state index < -0.39 is 101 Å². The smallest absolute Gasteiger partial charge is 0.346 e. The molecule has 0 heterocycles. The summed E-state index contributed by atoms with van der Waals surface area (Å²) in [7, 11) is 0. The zero-order valence-electron chi connectivity index (χ0n) is 20.6. The first-order valence-electron chi connectivity index (χ1n) is 11.0. The number of hydrogen-bond acceptors (Lipinski definition) is 14. The molecule has 3 aromatic rings. The summed E-state index contributed by atoms with van der Waals surface area (Å²) in [5, 5.41) is 51.7. The predicted octanol–water partition coefficient (Wildman–Crippen LogP) is 2.80. The summed E-state index contributed by atoms with van der Waals surface area (Å²) in [5.41, 5.74) is -7.25. The third-order valence-electron chi connectivity index (χ3n) is 5.19. The minimum Gasteiger partial charge on any atom is -0.478 e. The van der Waals surface area contributed by atoms with Crippen LogP contribution in [0.3, 0.4) is 0 Å². The van der Waals surface area contributed by atoms with E-state index in [2.05, 4.69) is 9.47 Å². The number of carboxylic acid groups (broad SMARTS) is 2. The Morgan fingerprint density at radius 1 is 0.442 bits per heavy atom. The van der Waals surface area contributed by atoms with Crippen molar-refractivity contribution in [1.29, 1.82) is 0 Å². The highest BCUT2D eigenvalue weighted by Gasteiger charge is 2.26. The number of nitro groups is 3. The van der Waals surface area contributed by atoms with Crippen molar-refractivity contribution in [2.45, 2.75) is 0 Å². The monoisotopic (exact) mass is 597 g/mol. The molecular weight excluding hydrogens is 586 g/mol. The number of hydrogen-bond donors (Lipinski definition) is 2. The zero-order chi connectivity index (χ0) is 32.2. The lowest BCUT2D eigenvalue weighted by molar-refractivity contribution is -0.385. The molecule has 3 rings (SSSR count). The third-order valence-corrected chi connectivity index (χ3v) is 5.19. The molecule has 19 nitrogen and oxygen atoms in total. The highest BCUT2D eigenvalue weighted by Crippen LogP contribution is 2.23. The van der Waals surface area contributed by atoms with E-state index in [1.807, 2.05) is 0 Å². The summed E-state index contributed by atoms with van der Waals surface area (Å²) < 4.78 is 9.06. The minimum absolute atomic E-state index is 0.546. The maximum atomic E-state index is 12.6. The van der Waals surface area contributed by atoms with Gasteiger partial charge < -0.3 is 19.7 Å². The maximum Gasteiger partial charge on any atom is 0.346 e. The summed E-state index contributed by atoms with van der Waals surface area (Å²) >= 11 is 0. The third kappa shape index (κ3) is 7.19. The molecule has 0 atom stereocenters. The first-order valence-corrected chi connectivity index (χ1v) is 11.0. The Bertz CT molecular complexity index is 1610. The average Bonchev–Trinajstić information content (AvgIpc) is 2.95. The lowest BCUT2D eigenvalue weighted by atomic mass is 10.1. The second-order valence-corrected chi connectivity index (χ2v) is 8.04. The van der Waals surface area contributed by atoms with Crippen molar-refractivity contribution in [3.8, 4) is 0 Å². The molecule has 43 heavy (non-hydrogen) atoms. The number of nitro benzene ring substituents is 3. The number of carboxylic acids is 2. The van der Waals surface area contributed by atoms with Gasteiger partial charge in [-0.3, -0.25) is 30.3 Å². The van der Waals surface area contributed by atoms with Crippen molar-refractivity contribution in [3.05, 3.63) is 118 Å². The fourth-order valence-corrected chi connectivity index (χ4v) is 3.27. The number of rotatable bonds is 9. The maximum absolute atomic E-state index is 12.6. The molecule has 0 aliphatic carbocycles. The summed E-state index contributed by atoms with van der Waals surface area (Å²) in [6.07, 6.45) is 0. The van der Waals surface area contributed by atoms with E-state index in [-0.39, 0.29) is 0 Å². The van der Waals surface area contributed by atoms with E-state index in [4.69, 9.17) is 10.2 Å². The Morgan fingerprint density at radius 2 is 0.651 bits per heavy atom. The van der Waals surface area contributed by atoms with Crippen LogP contribution in [-0.2, 0) is 9.47 Å². The van der Waals surface area contributed by atoms with Gasteiger partial charge in [0.15, 0.2) is 0 Å². The van der Waals surface area contributed by atoms with Crippen LogP contribution in [-0.4, -0.2) is 60.8 Å². The Hall–Kier alpha value is -6.92. The lowest BCUT2D eigenvalue weighted by Crippen LogP contribution is -2.17. The van der Waals surface area contributed by atoms with Gasteiger partial charge in [0, 0.05) is 36.4 Å².